The Kier molecular flexibility index (Phi) is 2.82. The normalized spacial score (nSPS) is 15.1. The first-order chi connectivity index (χ1) is 8.74. The molecule has 0 bridgehead atoms. The van der Waals surface area contributed by atoms with E-state index in [-0.39, 0.29) is 6.42 Å². The van der Waals surface area contributed by atoms with Gasteiger partial charge in [-0.2, -0.15) is 0 Å². The molecule has 1 aromatic heterocycles. The zero-order valence-corrected chi connectivity index (χ0v) is 10.3. The van der Waals surface area contributed by atoms with Gasteiger partial charge in [-0.1, -0.05) is 18.2 Å². The third-order valence-corrected chi connectivity index (χ3v) is 3.63. The molecule has 1 aromatic carbocycles. The van der Waals surface area contributed by atoms with E-state index in [1.165, 1.54) is 23.7 Å². The molecule has 1 N–H and O–H groups in total. The number of benzene rings is 1. The van der Waals surface area contributed by atoms with Crippen LogP contribution >= 0.6 is 0 Å². The minimum atomic E-state index is -0.729. The van der Waals surface area contributed by atoms with Crippen LogP contribution in [0.2, 0.25) is 0 Å². The Balaban J connectivity index is 1.95. The van der Waals surface area contributed by atoms with Crippen molar-refractivity contribution in [1.29, 1.82) is 0 Å². The summed E-state index contributed by atoms with van der Waals surface area (Å²) in [5.74, 6) is 0.0976. The van der Waals surface area contributed by atoms with Crippen molar-refractivity contribution in [2.45, 2.75) is 32.2 Å². The monoisotopic (exact) mass is 243 g/mol. The third kappa shape index (κ3) is 2.26. The first-order valence-electron chi connectivity index (χ1n) is 6.52. The lowest BCUT2D eigenvalue weighted by molar-refractivity contribution is -0.136. The summed E-state index contributed by atoms with van der Waals surface area (Å²) in [7, 11) is 0. The molecular formula is C15H17NO2. The lowest BCUT2D eigenvalue weighted by Gasteiger charge is -2.08. The molecule has 1 saturated carbocycles. The van der Waals surface area contributed by atoms with Crippen LogP contribution in [0.4, 0.5) is 0 Å². The molecule has 0 atom stereocenters. The number of fused-ring (bicyclic) bond motifs is 1. The van der Waals surface area contributed by atoms with Crippen molar-refractivity contribution in [1.82, 2.24) is 4.57 Å². The maximum absolute atomic E-state index is 10.7. The number of carboxylic acids is 1. The molecule has 18 heavy (non-hydrogen) atoms. The first kappa shape index (κ1) is 11.3. The summed E-state index contributed by atoms with van der Waals surface area (Å²) >= 11 is 0. The van der Waals surface area contributed by atoms with Crippen LogP contribution in [-0.4, -0.2) is 15.6 Å². The molecular weight excluding hydrogens is 226 g/mol. The highest BCUT2D eigenvalue weighted by molar-refractivity contribution is 5.84. The Morgan fingerprint density at radius 2 is 2.17 bits per heavy atom. The minimum absolute atomic E-state index is 0.202. The molecule has 0 aliphatic heterocycles. The van der Waals surface area contributed by atoms with Gasteiger partial charge in [-0.25, -0.2) is 0 Å². The van der Waals surface area contributed by atoms with E-state index in [0.717, 1.165) is 18.0 Å². The highest BCUT2D eigenvalue weighted by atomic mass is 16.4. The molecule has 2 aromatic rings. The van der Waals surface area contributed by atoms with Crippen LogP contribution in [0.5, 0.6) is 0 Å². The second-order valence-corrected chi connectivity index (χ2v) is 5.16. The molecule has 1 fully saturated rings. The quantitative estimate of drug-likeness (QED) is 0.877. The van der Waals surface area contributed by atoms with Crippen molar-refractivity contribution in [2.24, 2.45) is 5.92 Å². The molecule has 1 aliphatic carbocycles. The lowest BCUT2D eigenvalue weighted by atomic mass is 10.1. The molecule has 1 heterocycles. The highest BCUT2D eigenvalue weighted by Gasteiger charge is 2.22. The van der Waals surface area contributed by atoms with Gasteiger partial charge in [0.25, 0.3) is 0 Å². The largest absolute Gasteiger partial charge is 0.481 e. The zero-order chi connectivity index (χ0) is 12.5. The Morgan fingerprint density at radius 3 is 2.89 bits per heavy atom. The number of aryl methyl sites for hydroxylation is 1. The average Bonchev–Trinajstić information content (AvgIpc) is 3.07. The van der Waals surface area contributed by atoms with E-state index in [4.69, 9.17) is 5.11 Å². The third-order valence-electron chi connectivity index (χ3n) is 3.63. The molecule has 3 rings (SSSR count). The summed E-state index contributed by atoms with van der Waals surface area (Å²) in [5.41, 5.74) is 2.38. The van der Waals surface area contributed by atoms with Crippen LogP contribution in [0.25, 0.3) is 10.9 Å². The van der Waals surface area contributed by atoms with Gasteiger partial charge in [-0.15, -0.1) is 0 Å². The van der Waals surface area contributed by atoms with Gasteiger partial charge >= 0.3 is 5.97 Å². The fourth-order valence-electron chi connectivity index (χ4n) is 2.51. The van der Waals surface area contributed by atoms with Crippen molar-refractivity contribution in [3.8, 4) is 0 Å². The highest BCUT2D eigenvalue weighted by Crippen LogP contribution is 2.32. The van der Waals surface area contributed by atoms with Crippen molar-refractivity contribution < 1.29 is 9.90 Å². The van der Waals surface area contributed by atoms with Crippen LogP contribution in [0.3, 0.4) is 0 Å². The Labute approximate surface area is 106 Å². The molecule has 0 unspecified atom stereocenters. The molecule has 3 heteroatoms. The van der Waals surface area contributed by atoms with Gasteiger partial charge in [0.2, 0.25) is 0 Å². The van der Waals surface area contributed by atoms with Crippen molar-refractivity contribution >= 4 is 16.9 Å². The van der Waals surface area contributed by atoms with E-state index in [2.05, 4.69) is 29.0 Å². The predicted molar refractivity (Wildman–Crippen MR) is 70.6 cm³/mol. The van der Waals surface area contributed by atoms with Crippen LogP contribution in [-0.2, 0) is 17.8 Å². The van der Waals surface area contributed by atoms with Gasteiger partial charge in [0.05, 0.1) is 5.52 Å². The Bertz CT molecular complexity index is 581. The van der Waals surface area contributed by atoms with E-state index >= 15 is 0 Å². The van der Waals surface area contributed by atoms with Crippen LogP contribution in [0.15, 0.2) is 30.5 Å². The fraction of sp³-hybridized carbons (Fsp3) is 0.400. The summed E-state index contributed by atoms with van der Waals surface area (Å²) in [6, 6.07) is 8.29. The Hall–Kier alpha value is -1.77. The van der Waals surface area contributed by atoms with Crippen LogP contribution < -0.4 is 0 Å². The van der Waals surface area contributed by atoms with Crippen molar-refractivity contribution in [2.75, 3.05) is 0 Å². The van der Waals surface area contributed by atoms with Gasteiger partial charge in [0, 0.05) is 19.2 Å². The number of para-hydroxylation sites is 1. The predicted octanol–water partition coefficient (Wildman–Crippen LogP) is 3.07. The number of rotatable bonds is 5. The zero-order valence-electron chi connectivity index (χ0n) is 10.3. The standard InChI is InChI=1S/C15H17NO2/c17-14(18)7-6-12-2-1-3-13-8-9-16(15(12)13)10-11-4-5-11/h1-3,8-9,11H,4-7,10H2,(H,17,18). The molecule has 0 spiro atoms. The summed E-state index contributed by atoms with van der Waals surface area (Å²) < 4.78 is 2.30. The van der Waals surface area contributed by atoms with Crippen LogP contribution in [0, 0.1) is 5.92 Å². The second kappa shape index (κ2) is 4.48. The number of aliphatic carboxylic acids is 1. The van der Waals surface area contributed by atoms with Gasteiger partial charge < -0.3 is 9.67 Å². The van der Waals surface area contributed by atoms with Gasteiger partial charge in [-0.3, -0.25) is 4.79 Å². The average molecular weight is 243 g/mol. The van der Waals surface area contributed by atoms with Crippen molar-refractivity contribution in [3.63, 3.8) is 0 Å². The van der Waals surface area contributed by atoms with Gasteiger partial charge in [-0.05, 0) is 42.2 Å². The van der Waals surface area contributed by atoms with E-state index < -0.39 is 5.97 Å². The van der Waals surface area contributed by atoms with Gasteiger partial charge in [0.15, 0.2) is 0 Å². The number of nitrogens with zero attached hydrogens (tertiary/aromatic N) is 1. The number of carboxylic acid groups (broad SMARTS) is 1. The smallest absolute Gasteiger partial charge is 0.303 e. The number of hydrogen-bond donors (Lipinski definition) is 1. The van der Waals surface area contributed by atoms with Gasteiger partial charge in [0.1, 0.15) is 0 Å². The van der Waals surface area contributed by atoms with E-state index in [0.29, 0.717) is 6.42 Å². The maximum atomic E-state index is 10.7. The minimum Gasteiger partial charge on any atom is -0.481 e. The summed E-state index contributed by atoms with van der Waals surface area (Å²) in [5, 5.41) is 10.0. The molecule has 3 nitrogen and oxygen atoms in total. The first-order valence-corrected chi connectivity index (χ1v) is 6.52. The van der Waals surface area contributed by atoms with Crippen molar-refractivity contribution in [3.05, 3.63) is 36.0 Å². The number of aromatic nitrogens is 1. The molecule has 0 amide bonds. The number of hydrogen-bond acceptors (Lipinski definition) is 1. The molecule has 94 valence electrons. The van der Waals surface area contributed by atoms with Crippen LogP contribution in [0.1, 0.15) is 24.8 Å². The second-order valence-electron chi connectivity index (χ2n) is 5.16. The SMILES string of the molecule is O=C(O)CCc1cccc2ccn(CC3CC3)c12. The number of carbonyl (C=O) groups is 1. The van der Waals surface area contributed by atoms with E-state index in [1.807, 2.05) is 6.07 Å². The summed E-state index contributed by atoms with van der Waals surface area (Å²) in [6.07, 6.45) is 5.61. The summed E-state index contributed by atoms with van der Waals surface area (Å²) in [6.45, 7) is 1.08. The molecule has 0 radical (unpaired) electrons. The lowest BCUT2D eigenvalue weighted by Crippen LogP contribution is -2.02. The van der Waals surface area contributed by atoms with E-state index in [1.54, 1.807) is 0 Å². The Morgan fingerprint density at radius 1 is 1.33 bits per heavy atom. The summed E-state index contributed by atoms with van der Waals surface area (Å²) in [4.78, 5) is 10.7. The fourth-order valence-corrected chi connectivity index (χ4v) is 2.51. The maximum Gasteiger partial charge on any atom is 0.303 e. The topological polar surface area (TPSA) is 42.2 Å². The molecule has 1 aliphatic rings. The van der Waals surface area contributed by atoms with E-state index in [9.17, 15) is 4.79 Å². The molecule has 0 saturated heterocycles.